The Hall–Kier alpha value is -1.89. The Morgan fingerprint density at radius 3 is 2.38 bits per heavy atom. The summed E-state index contributed by atoms with van der Waals surface area (Å²) < 4.78 is 0. The van der Waals surface area contributed by atoms with E-state index in [1.807, 2.05) is 36.5 Å². The first-order chi connectivity index (χ1) is 7.86. The van der Waals surface area contributed by atoms with Crippen molar-refractivity contribution in [2.24, 2.45) is 4.99 Å². The highest BCUT2D eigenvalue weighted by molar-refractivity contribution is 5.81. The number of benzene rings is 2. The molecule has 1 nitrogen and oxygen atoms in total. The summed E-state index contributed by atoms with van der Waals surface area (Å²) in [5.41, 5.74) is 3.70. The number of nitrogens with zero attached hydrogens (tertiary/aromatic N) is 1. The Bertz CT molecular complexity index is 472. The van der Waals surface area contributed by atoms with Gasteiger partial charge in [-0.3, -0.25) is 4.99 Å². The first-order valence-corrected chi connectivity index (χ1v) is 5.45. The van der Waals surface area contributed by atoms with Crippen molar-refractivity contribution in [1.29, 1.82) is 0 Å². The lowest BCUT2D eigenvalue weighted by atomic mass is 10.1. The minimum absolute atomic E-state index is 0.745. The number of hydrogen-bond donors (Lipinski definition) is 0. The van der Waals surface area contributed by atoms with Crippen LogP contribution in [0.4, 0.5) is 0 Å². The van der Waals surface area contributed by atoms with Gasteiger partial charge in [0.1, 0.15) is 0 Å². The summed E-state index contributed by atoms with van der Waals surface area (Å²) in [6, 6.07) is 18.6. The van der Waals surface area contributed by atoms with Crippen molar-refractivity contribution in [1.82, 2.24) is 0 Å². The van der Waals surface area contributed by atoms with Crippen LogP contribution in [0.25, 0.3) is 0 Å². The molecular formula is C15H15N. The molecule has 0 bridgehead atoms. The predicted octanol–water partition coefficient (Wildman–Crippen LogP) is 3.61. The monoisotopic (exact) mass is 209 g/mol. The summed E-state index contributed by atoms with van der Waals surface area (Å²) in [5.74, 6) is 0. The summed E-state index contributed by atoms with van der Waals surface area (Å²) in [5, 5.41) is 0. The number of aryl methyl sites for hydroxylation is 1. The van der Waals surface area contributed by atoms with Gasteiger partial charge in [0.25, 0.3) is 0 Å². The lowest BCUT2D eigenvalue weighted by Gasteiger charge is -1.98. The molecule has 16 heavy (non-hydrogen) atoms. The van der Waals surface area contributed by atoms with Crippen molar-refractivity contribution >= 4 is 6.21 Å². The average molecular weight is 209 g/mol. The molecule has 1 heteroatoms. The van der Waals surface area contributed by atoms with Gasteiger partial charge in [-0.2, -0.15) is 0 Å². The summed E-state index contributed by atoms with van der Waals surface area (Å²) in [7, 11) is 0. The number of aliphatic imine (C=N–C) groups is 1. The molecule has 2 aromatic carbocycles. The fourth-order valence-corrected chi connectivity index (χ4v) is 1.56. The highest BCUT2D eigenvalue weighted by atomic mass is 14.7. The van der Waals surface area contributed by atoms with Crippen molar-refractivity contribution < 1.29 is 0 Å². The normalized spacial score (nSPS) is 10.8. The van der Waals surface area contributed by atoms with Crippen molar-refractivity contribution in [3.05, 3.63) is 71.3 Å². The largest absolute Gasteiger partial charge is 0.288 e. The van der Waals surface area contributed by atoms with E-state index in [4.69, 9.17) is 0 Å². The Morgan fingerprint density at radius 2 is 1.62 bits per heavy atom. The van der Waals surface area contributed by atoms with Gasteiger partial charge in [-0.1, -0.05) is 54.6 Å². The van der Waals surface area contributed by atoms with Crippen LogP contribution in [-0.4, -0.2) is 6.21 Å². The number of rotatable bonds is 3. The fraction of sp³-hybridized carbons (Fsp3) is 0.133. The minimum atomic E-state index is 0.745. The first-order valence-electron chi connectivity index (χ1n) is 5.45. The third kappa shape index (κ3) is 2.80. The van der Waals surface area contributed by atoms with Gasteiger partial charge in [0.15, 0.2) is 0 Å². The highest BCUT2D eigenvalue weighted by Gasteiger charge is 1.91. The smallest absolute Gasteiger partial charge is 0.0639 e. The maximum Gasteiger partial charge on any atom is 0.0639 e. The van der Waals surface area contributed by atoms with Crippen molar-refractivity contribution in [3.63, 3.8) is 0 Å². The average Bonchev–Trinajstić information content (AvgIpc) is 2.33. The molecule has 80 valence electrons. The molecule has 0 fully saturated rings. The molecule has 0 radical (unpaired) electrons. The lowest BCUT2D eigenvalue weighted by Crippen LogP contribution is -1.87. The van der Waals surface area contributed by atoms with E-state index in [1.54, 1.807) is 0 Å². The molecule has 2 aromatic rings. The molecule has 0 atom stereocenters. The molecule has 0 aliphatic heterocycles. The Morgan fingerprint density at radius 1 is 0.938 bits per heavy atom. The van der Waals surface area contributed by atoms with E-state index in [2.05, 4.69) is 36.2 Å². The third-order valence-electron chi connectivity index (χ3n) is 2.54. The van der Waals surface area contributed by atoms with Crippen LogP contribution in [0.15, 0.2) is 59.6 Å². The summed E-state index contributed by atoms with van der Waals surface area (Å²) in [6.45, 7) is 2.85. The standard InChI is InChI=1S/C15H15N/c1-13-7-5-6-10-15(13)12-16-11-14-8-3-2-4-9-14/h2-10,12H,11H2,1H3. The van der Waals surface area contributed by atoms with Crippen LogP contribution >= 0.6 is 0 Å². The molecule has 2 rings (SSSR count). The van der Waals surface area contributed by atoms with Crippen molar-refractivity contribution in [3.8, 4) is 0 Å². The van der Waals surface area contributed by atoms with Crippen LogP contribution in [0.1, 0.15) is 16.7 Å². The second-order valence-corrected chi connectivity index (χ2v) is 3.81. The zero-order chi connectivity index (χ0) is 11.2. The first kappa shape index (κ1) is 10.6. The van der Waals surface area contributed by atoms with Gasteiger partial charge in [-0.25, -0.2) is 0 Å². The molecule has 0 saturated carbocycles. The van der Waals surface area contributed by atoms with Gasteiger partial charge in [0, 0.05) is 6.21 Å². The lowest BCUT2D eigenvalue weighted by molar-refractivity contribution is 1.08. The topological polar surface area (TPSA) is 12.4 Å². The quantitative estimate of drug-likeness (QED) is 0.685. The van der Waals surface area contributed by atoms with E-state index in [9.17, 15) is 0 Å². The fourth-order valence-electron chi connectivity index (χ4n) is 1.56. The predicted molar refractivity (Wildman–Crippen MR) is 68.9 cm³/mol. The second kappa shape index (κ2) is 5.26. The zero-order valence-electron chi connectivity index (χ0n) is 9.43. The summed E-state index contributed by atoms with van der Waals surface area (Å²) >= 11 is 0. The zero-order valence-corrected chi connectivity index (χ0v) is 9.43. The minimum Gasteiger partial charge on any atom is -0.288 e. The number of hydrogen-bond acceptors (Lipinski definition) is 1. The van der Waals surface area contributed by atoms with Crippen LogP contribution in [0.3, 0.4) is 0 Å². The van der Waals surface area contributed by atoms with Crippen LogP contribution in [0, 0.1) is 6.92 Å². The van der Waals surface area contributed by atoms with Gasteiger partial charge in [0.2, 0.25) is 0 Å². The van der Waals surface area contributed by atoms with E-state index in [0.29, 0.717) is 0 Å². The molecular weight excluding hydrogens is 194 g/mol. The molecule has 0 unspecified atom stereocenters. The Balaban J connectivity index is 2.03. The molecule has 0 N–H and O–H groups in total. The van der Waals surface area contributed by atoms with Crippen LogP contribution in [-0.2, 0) is 6.54 Å². The summed E-state index contributed by atoms with van der Waals surface area (Å²) in [6.07, 6.45) is 1.95. The van der Waals surface area contributed by atoms with E-state index < -0.39 is 0 Å². The van der Waals surface area contributed by atoms with Gasteiger partial charge in [-0.05, 0) is 23.6 Å². The maximum absolute atomic E-state index is 4.45. The molecule has 0 heterocycles. The Kier molecular flexibility index (Phi) is 3.50. The molecule has 0 aromatic heterocycles. The third-order valence-corrected chi connectivity index (χ3v) is 2.54. The summed E-state index contributed by atoms with van der Waals surface area (Å²) in [4.78, 5) is 4.45. The van der Waals surface area contributed by atoms with Crippen LogP contribution in [0.2, 0.25) is 0 Å². The second-order valence-electron chi connectivity index (χ2n) is 3.81. The van der Waals surface area contributed by atoms with Crippen LogP contribution in [0.5, 0.6) is 0 Å². The Labute approximate surface area is 96.5 Å². The van der Waals surface area contributed by atoms with E-state index in [-0.39, 0.29) is 0 Å². The SMILES string of the molecule is Cc1ccccc1C=NCc1ccccc1. The van der Waals surface area contributed by atoms with Gasteiger partial charge >= 0.3 is 0 Å². The van der Waals surface area contributed by atoms with Gasteiger partial charge in [0.05, 0.1) is 6.54 Å². The molecule has 0 saturated heterocycles. The van der Waals surface area contributed by atoms with E-state index in [0.717, 1.165) is 6.54 Å². The highest BCUT2D eigenvalue weighted by Crippen LogP contribution is 2.05. The maximum atomic E-state index is 4.45. The van der Waals surface area contributed by atoms with E-state index in [1.165, 1.54) is 16.7 Å². The van der Waals surface area contributed by atoms with Crippen molar-refractivity contribution in [2.75, 3.05) is 0 Å². The molecule has 0 aliphatic carbocycles. The molecule has 0 spiro atoms. The molecule has 0 amide bonds. The van der Waals surface area contributed by atoms with E-state index >= 15 is 0 Å². The van der Waals surface area contributed by atoms with Crippen LogP contribution < -0.4 is 0 Å². The van der Waals surface area contributed by atoms with Gasteiger partial charge in [-0.15, -0.1) is 0 Å². The van der Waals surface area contributed by atoms with Gasteiger partial charge < -0.3 is 0 Å². The molecule has 0 aliphatic rings. The van der Waals surface area contributed by atoms with Crippen molar-refractivity contribution in [2.45, 2.75) is 13.5 Å².